The number of carbonyl (C=O) groups excluding carboxylic acids is 1. The minimum Gasteiger partial charge on any atom is -0.464 e. The van der Waals surface area contributed by atoms with Crippen LogP contribution in [-0.2, 0) is 24.3 Å². The predicted molar refractivity (Wildman–Crippen MR) is 120 cm³/mol. The zero-order chi connectivity index (χ0) is 21.1. The van der Waals surface area contributed by atoms with E-state index in [4.69, 9.17) is 4.42 Å². The number of furan rings is 1. The maximum atomic E-state index is 12.5. The van der Waals surface area contributed by atoms with Crippen molar-refractivity contribution in [3.05, 3.63) is 70.5 Å². The smallest absolute Gasteiger partial charge is 0.224 e. The van der Waals surface area contributed by atoms with Gasteiger partial charge in [-0.25, -0.2) is 0 Å². The molecule has 0 unspecified atom stereocenters. The van der Waals surface area contributed by atoms with Gasteiger partial charge in [0, 0.05) is 50.2 Å². The van der Waals surface area contributed by atoms with E-state index < -0.39 is 0 Å². The van der Waals surface area contributed by atoms with Gasteiger partial charge in [-0.2, -0.15) is 0 Å². The lowest BCUT2D eigenvalue weighted by molar-refractivity contribution is -0.120. The summed E-state index contributed by atoms with van der Waals surface area (Å²) >= 11 is 0. The number of hydrogen-bond acceptors (Lipinski definition) is 4. The van der Waals surface area contributed by atoms with Gasteiger partial charge in [0.15, 0.2) is 0 Å². The van der Waals surface area contributed by atoms with Crippen molar-refractivity contribution in [1.82, 2.24) is 15.1 Å². The molecule has 5 nitrogen and oxygen atoms in total. The van der Waals surface area contributed by atoms with Crippen LogP contribution in [0.5, 0.6) is 0 Å². The molecule has 0 atom stereocenters. The second kappa shape index (κ2) is 9.02. The second-order valence-corrected chi connectivity index (χ2v) is 8.50. The molecule has 0 saturated carbocycles. The molecule has 0 aliphatic carbocycles. The lowest BCUT2D eigenvalue weighted by atomic mass is 10.0. The molecule has 1 aliphatic heterocycles. The van der Waals surface area contributed by atoms with Crippen molar-refractivity contribution < 1.29 is 9.21 Å². The Hall–Kier alpha value is -2.63. The van der Waals surface area contributed by atoms with Crippen LogP contribution in [0.3, 0.4) is 0 Å². The molecule has 1 aliphatic rings. The van der Waals surface area contributed by atoms with Gasteiger partial charge < -0.3 is 14.6 Å². The molecule has 158 valence electrons. The Morgan fingerprint density at radius 1 is 1.07 bits per heavy atom. The van der Waals surface area contributed by atoms with E-state index in [-0.39, 0.29) is 5.91 Å². The van der Waals surface area contributed by atoms with Crippen LogP contribution >= 0.6 is 0 Å². The van der Waals surface area contributed by atoms with Crippen molar-refractivity contribution in [2.24, 2.45) is 0 Å². The van der Waals surface area contributed by atoms with Crippen molar-refractivity contribution in [2.75, 3.05) is 33.2 Å². The minimum absolute atomic E-state index is 0.0143. The van der Waals surface area contributed by atoms with Gasteiger partial charge in [-0.3, -0.25) is 9.69 Å². The predicted octanol–water partition coefficient (Wildman–Crippen LogP) is 3.66. The van der Waals surface area contributed by atoms with Gasteiger partial charge in [-0.1, -0.05) is 36.4 Å². The molecule has 3 aromatic rings. The highest BCUT2D eigenvalue weighted by atomic mass is 16.3. The number of benzene rings is 2. The Bertz CT molecular complexity index is 1030. The normalized spacial score (nSPS) is 15.6. The highest BCUT2D eigenvalue weighted by molar-refractivity contribution is 5.89. The number of nitrogens with one attached hydrogen (secondary N) is 1. The fourth-order valence-electron chi connectivity index (χ4n) is 4.06. The first-order valence-electron chi connectivity index (χ1n) is 10.7. The van der Waals surface area contributed by atoms with E-state index in [1.807, 2.05) is 6.07 Å². The van der Waals surface area contributed by atoms with E-state index in [1.54, 1.807) is 6.26 Å². The first-order valence-corrected chi connectivity index (χ1v) is 10.7. The van der Waals surface area contributed by atoms with Crippen LogP contribution in [0.1, 0.15) is 27.8 Å². The third kappa shape index (κ3) is 4.74. The third-order valence-electron chi connectivity index (χ3n) is 6.18. The number of amides is 1. The van der Waals surface area contributed by atoms with Crippen molar-refractivity contribution in [3.63, 3.8) is 0 Å². The lowest BCUT2D eigenvalue weighted by Crippen LogP contribution is -2.43. The molecule has 2 heterocycles. The van der Waals surface area contributed by atoms with Gasteiger partial charge >= 0.3 is 0 Å². The van der Waals surface area contributed by atoms with Gasteiger partial charge in [0.1, 0.15) is 5.58 Å². The number of carbonyl (C=O) groups is 1. The number of nitrogens with zero attached hydrogens (tertiary/aromatic N) is 2. The number of fused-ring (bicyclic) bond motifs is 1. The Labute approximate surface area is 178 Å². The molecule has 0 bridgehead atoms. The topological polar surface area (TPSA) is 48.7 Å². The largest absolute Gasteiger partial charge is 0.464 e. The summed E-state index contributed by atoms with van der Waals surface area (Å²) in [7, 11) is 2.18. The maximum Gasteiger partial charge on any atom is 0.224 e. The van der Waals surface area contributed by atoms with Gasteiger partial charge in [0.05, 0.1) is 12.7 Å². The van der Waals surface area contributed by atoms with E-state index in [1.165, 1.54) is 11.1 Å². The first-order chi connectivity index (χ1) is 14.5. The second-order valence-electron chi connectivity index (χ2n) is 8.50. The fraction of sp³-hybridized carbons (Fsp3) is 0.400. The molecular weight excluding hydrogens is 374 g/mol. The van der Waals surface area contributed by atoms with Crippen LogP contribution in [0.25, 0.3) is 11.0 Å². The molecule has 0 radical (unpaired) electrons. The van der Waals surface area contributed by atoms with Gasteiger partial charge in [0.25, 0.3) is 0 Å². The molecule has 1 amide bonds. The molecule has 4 rings (SSSR count). The summed E-state index contributed by atoms with van der Waals surface area (Å²) in [6, 6.07) is 12.7. The minimum atomic E-state index is 0.0143. The lowest BCUT2D eigenvalue weighted by Gasteiger charge is -2.32. The first kappa shape index (κ1) is 20.6. The number of piperazine rings is 1. The Balaban J connectivity index is 1.33. The van der Waals surface area contributed by atoms with E-state index >= 15 is 0 Å². The van der Waals surface area contributed by atoms with E-state index in [0.29, 0.717) is 13.0 Å². The van der Waals surface area contributed by atoms with E-state index in [2.05, 4.69) is 66.3 Å². The van der Waals surface area contributed by atoms with Crippen LogP contribution in [-0.4, -0.2) is 48.9 Å². The molecular formula is C25H31N3O2. The molecule has 1 fully saturated rings. The molecule has 30 heavy (non-hydrogen) atoms. The quantitative estimate of drug-likeness (QED) is 0.680. The zero-order valence-electron chi connectivity index (χ0n) is 18.2. The monoisotopic (exact) mass is 405 g/mol. The van der Waals surface area contributed by atoms with Crippen LogP contribution in [0.15, 0.2) is 47.1 Å². The third-order valence-corrected chi connectivity index (χ3v) is 6.18. The van der Waals surface area contributed by atoms with Crippen molar-refractivity contribution in [1.29, 1.82) is 0 Å². The molecule has 5 heteroatoms. The van der Waals surface area contributed by atoms with Crippen molar-refractivity contribution in [2.45, 2.75) is 33.4 Å². The van der Waals surface area contributed by atoms with Gasteiger partial charge in [0.2, 0.25) is 5.91 Å². The van der Waals surface area contributed by atoms with Gasteiger partial charge in [-0.15, -0.1) is 0 Å². The standard InChI is InChI=1S/C25H31N3O2/c1-18-7-8-23-22(17-30-25(23)19(18)2)14-24(29)26-15-20-5-4-6-21(13-20)16-28-11-9-27(3)10-12-28/h4-8,13,17H,9-12,14-16H2,1-3H3,(H,26,29). The molecule has 1 saturated heterocycles. The summed E-state index contributed by atoms with van der Waals surface area (Å²) in [5.41, 5.74) is 6.60. The summed E-state index contributed by atoms with van der Waals surface area (Å²) in [5.74, 6) is 0.0143. The number of hydrogen-bond donors (Lipinski definition) is 1. The zero-order valence-corrected chi connectivity index (χ0v) is 18.2. The van der Waals surface area contributed by atoms with Crippen molar-refractivity contribution >= 4 is 16.9 Å². The van der Waals surface area contributed by atoms with Crippen LogP contribution in [0.2, 0.25) is 0 Å². The molecule has 1 N–H and O–H groups in total. The van der Waals surface area contributed by atoms with Crippen LogP contribution < -0.4 is 5.32 Å². The summed E-state index contributed by atoms with van der Waals surface area (Å²) in [6.07, 6.45) is 2.05. The Morgan fingerprint density at radius 2 is 1.83 bits per heavy atom. The number of aryl methyl sites for hydroxylation is 2. The summed E-state index contributed by atoms with van der Waals surface area (Å²) in [6.45, 7) is 10.1. The summed E-state index contributed by atoms with van der Waals surface area (Å²) in [5, 5.41) is 4.09. The number of likely N-dealkylation sites (N-methyl/N-ethyl adjacent to an activating group) is 1. The molecule has 0 spiro atoms. The SMILES string of the molecule is Cc1ccc2c(CC(=O)NCc3cccc(CN4CCN(C)CC4)c3)coc2c1C. The number of rotatable bonds is 6. The average molecular weight is 406 g/mol. The van der Waals surface area contributed by atoms with Gasteiger partial charge in [-0.05, 0) is 43.1 Å². The highest BCUT2D eigenvalue weighted by Crippen LogP contribution is 2.26. The van der Waals surface area contributed by atoms with Crippen molar-refractivity contribution in [3.8, 4) is 0 Å². The van der Waals surface area contributed by atoms with E-state index in [9.17, 15) is 4.79 Å². The van der Waals surface area contributed by atoms with E-state index in [0.717, 1.165) is 60.4 Å². The van der Waals surface area contributed by atoms with Crippen LogP contribution in [0, 0.1) is 13.8 Å². The maximum absolute atomic E-state index is 12.5. The molecule has 1 aromatic heterocycles. The Kier molecular flexibility index (Phi) is 6.21. The summed E-state index contributed by atoms with van der Waals surface area (Å²) < 4.78 is 5.73. The molecule has 2 aromatic carbocycles. The average Bonchev–Trinajstić information content (AvgIpc) is 3.14. The summed E-state index contributed by atoms with van der Waals surface area (Å²) in [4.78, 5) is 17.4. The van der Waals surface area contributed by atoms with Crippen LogP contribution in [0.4, 0.5) is 0 Å². The highest BCUT2D eigenvalue weighted by Gasteiger charge is 2.15. The Morgan fingerprint density at radius 3 is 2.63 bits per heavy atom. The fourth-order valence-corrected chi connectivity index (χ4v) is 4.06.